The van der Waals surface area contributed by atoms with Gasteiger partial charge in [0.25, 0.3) is 0 Å². The molecule has 78 valence electrons. The van der Waals surface area contributed by atoms with Gasteiger partial charge in [-0.1, -0.05) is 26.0 Å². The summed E-state index contributed by atoms with van der Waals surface area (Å²) in [6, 6.07) is 4.29. The zero-order valence-electron chi connectivity index (χ0n) is 9.46. The van der Waals surface area contributed by atoms with Crippen molar-refractivity contribution in [3.05, 3.63) is 28.8 Å². The van der Waals surface area contributed by atoms with Crippen molar-refractivity contribution >= 4 is 5.69 Å². The molecule has 2 nitrogen and oxygen atoms in total. The standard InChI is InChI=1S/C12H20N2/c1-7(2)11(13)10-5-8(3)12(14)9(4)6-10/h5-7,11H,13-14H2,1-4H3. The molecule has 0 bridgehead atoms. The zero-order valence-corrected chi connectivity index (χ0v) is 9.46. The third-order valence-electron chi connectivity index (χ3n) is 2.72. The second-order valence-electron chi connectivity index (χ2n) is 4.34. The van der Waals surface area contributed by atoms with E-state index in [2.05, 4.69) is 26.0 Å². The van der Waals surface area contributed by atoms with Gasteiger partial charge in [0.1, 0.15) is 0 Å². The van der Waals surface area contributed by atoms with Gasteiger partial charge in [0.2, 0.25) is 0 Å². The van der Waals surface area contributed by atoms with Crippen LogP contribution in [0.2, 0.25) is 0 Å². The topological polar surface area (TPSA) is 52.0 Å². The van der Waals surface area contributed by atoms with Crippen molar-refractivity contribution in [3.8, 4) is 0 Å². The van der Waals surface area contributed by atoms with Gasteiger partial charge >= 0.3 is 0 Å². The first-order valence-corrected chi connectivity index (χ1v) is 5.05. The number of hydrogen-bond donors (Lipinski definition) is 2. The predicted molar refractivity (Wildman–Crippen MR) is 62.1 cm³/mol. The summed E-state index contributed by atoms with van der Waals surface area (Å²) in [5, 5.41) is 0. The molecule has 2 heteroatoms. The number of anilines is 1. The van der Waals surface area contributed by atoms with Crippen LogP contribution in [0.1, 0.15) is 36.6 Å². The summed E-state index contributed by atoms with van der Waals surface area (Å²) in [5.41, 5.74) is 16.3. The minimum Gasteiger partial charge on any atom is -0.398 e. The summed E-state index contributed by atoms with van der Waals surface area (Å²) >= 11 is 0. The van der Waals surface area contributed by atoms with E-state index >= 15 is 0 Å². The van der Waals surface area contributed by atoms with Gasteiger partial charge < -0.3 is 11.5 Å². The SMILES string of the molecule is Cc1cc(C(N)C(C)C)cc(C)c1N. The summed E-state index contributed by atoms with van der Waals surface area (Å²) in [7, 11) is 0. The molecule has 14 heavy (non-hydrogen) atoms. The lowest BCUT2D eigenvalue weighted by Crippen LogP contribution is -2.17. The van der Waals surface area contributed by atoms with Crippen LogP contribution in [0.15, 0.2) is 12.1 Å². The Bertz CT molecular complexity index is 306. The van der Waals surface area contributed by atoms with Crippen LogP contribution in [0.4, 0.5) is 5.69 Å². The number of hydrogen-bond acceptors (Lipinski definition) is 2. The fourth-order valence-electron chi connectivity index (χ4n) is 1.59. The Balaban J connectivity index is 3.12. The molecule has 0 spiro atoms. The van der Waals surface area contributed by atoms with Crippen molar-refractivity contribution in [3.63, 3.8) is 0 Å². The highest BCUT2D eigenvalue weighted by molar-refractivity contribution is 5.54. The van der Waals surface area contributed by atoms with Crippen molar-refractivity contribution in [2.75, 3.05) is 5.73 Å². The summed E-state index contributed by atoms with van der Waals surface area (Å²) in [5.74, 6) is 0.456. The van der Waals surface area contributed by atoms with Gasteiger partial charge in [-0.05, 0) is 36.5 Å². The first-order valence-electron chi connectivity index (χ1n) is 5.05. The molecule has 1 rings (SSSR count). The monoisotopic (exact) mass is 192 g/mol. The van der Waals surface area contributed by atoms with Crippen LogP contribution in [0.5, 0.6) is 0 Å². The van der Waals surface area contributed by atoms with Crippen LogP contribution in [-0.4, -0.2) is 0 Å². The van der Waals surface area contributed by atoms with Gasteiger partial charge in [-0.3, -0.25) is 0 Å². The largest absolute Gasteiger partial charge is 0.398 e. The van der Waals surface area contributed by atoms with Crippen LogP contribution in [0.25, 0.3) is 0 Å². The summed E-state index contributed by atoms with van der Waals surface area (Å²) in [4.78, 5) is 0. The van der Waals surface area contributed by atoms with Gasteiger partial charge in [0, 0.05) is 11.7 Å². The van der Waals surface area contributed by atoms with E-state index in [-0.39, 0.29) is 6.04 Å². The van der Waals surface area contributed by atoms with E-state index in [1.54, 1.807) is 0 Å². The second-order valence-corrected chi connectivity index (χ2v) is 4.34. The highest BCUT2D eigenvalue weighted by Crippen LogP contribution is 2.25. The molecule has 0 saturated carbocycles. The summed E-state index contributed by atoms with van der Waals surface area (Å²) < 4.78 is 0. The van der Waals surface area contributed by atoms with Crippen molar-refractivity contribution in [2.45, 2.75) is 33.7 Å². The van der Waals surface area contributed by atoms with Crippen molar-refractivity contribution in [1.82, 2.24) is 0 Å². The molecule has 0 heterocycles. The first kappa shape index (κ1) is 11.1. The predicted octanol–water partition coefficient (Wildman–Crippen LogP) is 2.54. The molecule has 1 aromatic carbocycles. The van der Waals surface area contributed by atoms with Crippen LogP contribution in [0, 0.1) is 19.8 Å². The minimum atomic E-state index is 0.105. The van der Waals surface area contributed by atoms with Crippen LogP contribution < -0.4 is 11.5 Å². The van der Waals surface area contributed by atoms with Gasteiger partial charge in [0.05, 0.1) is 0 Å². The number of nitrogen functional groups attached to an aromatic ring is 1. The smallest absolute Gasteiger partial charge is 0.0373 e. The Morgan fingerprint density at radius 3 is 1.86 bits per heavy atom. The van der Waals surface area contributed by atoms with E-state index in [1.807, 2.05) is 13.8 Å². The molecule has 4 N–H and O–H groups in total. The highest BCUT2D eigenvalue weighted by atomic mass is 14.6. The molecule has 1 atom stereocenters. The van der Waals surface area contributed by atoms with E-state index in [0.717, 1.165) is 16.8 Å². The Morgan fingerprint density at radius 1 is 1.07 bits per heavy atom. The van der Waals surface area contributed by atoms with Gasteiger partial charge in [-0.15, -0.1) is 0 Å². The van der Waals surface area contributed by atoms with Crippen molar-refractivity contribution in [2.24, 2.45) is 11.7 Å². The number of aryl methyl sites for hydroxylation is 2. The summed E-state index contributed by atoms with van der Waals surface area (Å²) in [6.07, 6.45) is 0. The maximum Gasteiger partial charge on any atom is 0.0373 e. The molecule has 0 amide bonds. The van der Waals surface area contributed by atoms with Crippen LogP contribution in [-0.2, 0) is 0 Å². The number of nitrogens with two attached hydrogens (primary N) is 2. The molecule has 0 fully saturated rings. The lowest BCUT2D eigenvalue weighted by atomic mass is 9.93. The van der Waals surface area contributed by atoms with Crippen LogP contribution >= 0.6 is 0 Å². The highest BCUT2D eigenvalue weighted by Gasteiger charge is 2.12. The van der Waals surface area contributed by atoms with Gasteiger partial charge in [-0.25, -0.2) is 0 Å². The third kappa shape index (κ3) is 2.07. The molecule has 0 aliphatic heterocycles. The van der Waals surface area contributed by atoms with Crippen molar-refractivity contribution < 1.29 is 0 Å². The van der Waals surface area contributed by atoms with Crippen LogP contribution in [0.3, 0.4) is 0 Å². The fraction of sp³-hybridized carbons (Fsp3) is 0.500. The molecule has 0 saturated heterocycles. The van der Waals surface area contributed by atoms with E-state index in [1.165, 1.54) is 5.56 Å². The molecular weight excluding hydrogens is 172 g/mol. The minimum absolute atomic E-state index is 0.105. The number of rotatable bonds is 2. The Morgan fingerprint density at radius 2 is 1.50 bits per heavy atom. The van der Waals surface area contributed by atoms with E-state index in [0.29, 0.717) is 5.92 Å². The molecule has 0 radical (unpaired) electrons. The van der Waals surface area contributed by atoms with Crippen molar-refractivity contribution in [1.29, 1.82) is 0 Å². The fourth-order valence-corrected chi connectivity index (χ4v) is 1.59. The van der Waals surface area contributed by atoms with E-state index in [9.17, 15) is 0 Å². The molecule has 0 aromatic heterocycles. The third-order valence-corrected chi connectivity index (χ3v) is 2.72. The quantitative estimate of drug-likeness (QED) is 0.707. The Kier molecular flexibility index (Phi) is 3.17. The molecule has 0 aliphatic carbocycles. The Hall–Kier alpha value is -1.02. The molecule has 1 unspecified atom stereocenters. The van der Waals surface area contributed by atoms with Gasteiger partial charge in [0.15, 0.2) is 0 Å². The second kappa shape index (κ2) is 4.01. The van der Waals surface area contributed by atoms with E-state index in [4.69, 9.17) is 11.5 Å². The normalized spacial score (nSPS) is 13.3. The Labute approximate surface area is 86.3 Å². The molecular formula is C12H20N2. The van der Waals surface area contributed by atoms with Gasteiger partial charge in [-0.2, -0.15) is 0 Å². The average Bonchev–Trinajstić information content (AvgIpc) is 2.12. The maximum absolute atomic E-state index is 6.08. The molecule has 0 aliphatic rings. The zero-order chi connectivity index (χ0) is 10.9. The van der Waals surface area contributed by atoms with E-state index < -0.39 is 0 Å². The lowest BCUT2D eigenvalue weighted by Gasteiger charge is -2.18. The summed E-state index contributed by atoms with van der Waals surface area (Å²) in [6.45, 7) is 8.31. The number of benzene rings is 1. The first-order chi connectivity index (χ1) is 6.43. The average molecular weight is 192 g/mol. The maximum atomic E-state index is 6.08. The lowest BCUT2D eigenvalue weighted by molar-refractivity contribution is 0.514. The molecule has 1 aromatic rings.